The molecule has 0 aliphatic carbocycles. The minimum absolute atomic E-state index is 0.292. The number of hydrogen-bond donors (Lipinski definition) is 1. The monoisotopic (exact) mass is 289 g/mol. The maximum absolute atomic E-state index is 11.6. The summed E-state index contributed by atoms with van der Waals surface area (Å²) in [5.74, 6) is 0.746. The van der Waals surface area contributed by atoms with E-state index in [2.05, 4.69) is 10.1 Å². The Kier molecular flexibility index (Phi) is 4.61. The van der Waals surface area contributed by atoms with Crippen LogP contribution in [0.4, 0.5) is 0 Å². The van der Waals surface area contributed by atoms with Gasteiger partial charge in [0.2, 0.25) is 5.91 Å². The molecule has 0 spiro atoms. The predicted octanol–water partition coefficient (Wildman–Crippen LogP) is 2.30. The molecule has 2 heterocycles. The molecule has 0 aromatic carbocycles. The van der Waals surface area contributed by atoms with Gasteiger partial charge in [-0.25, -0.2) is 4.79 Å². The van der Waals surface area contributed by atoms with Gasteiger partial charge < -0.3 is 18.9 Å². The molecule has 0 saturated carbocycles. The van der Waals surface area contributed by atoms with E-state index < -0.39 is 5.97 Å². The summed E-state index contributed by atoms with van der Waals surface area (Å²) in [5.41, 5.74) is 0.341. The molecule has 6 heteroatoms. The highest BCUT2D eigenvalue weighted by Crippen LogP contribution is 2.16. The third-order valence-electron chi connectivity index (χ3n) is 2.76. The van der Waals surface area contributed by atoms with E-state index >= 15 is 0 Å². The van der Waals surface area contributed by atoms with Gasteiger partial charge in [0, 0.05) is 6.08 Å². The lowest BCUT2D eigenvalue weighted by Crippen LogP contribution is -2.19. The number of methoxy groups -OCH3 is 1. The molecule has 1 amide bonds. The van der Waals surface area contributed by atoms with E-state index in [1.165, 1.54) is 31.6 Å². The van der Waals surface area contributed by atoms with E-state index in [1.807, 2.05) is 0 Å². The lowest BCUT2D eigenvalue weighted by atomic mass is 10.2. The van der Waals surface area contributed by atoms with Gasteiger partial charge >= 0.3 is 5.97 Å². The highest BCUT2D eigenvalue weighted by Gasteiger charge is 2.14. The summed E-state index contributed by atoms with van der Waals surface area (Å²) >= 11 is 0. The smallest absolute Gasteiger partial charge is 0.341 e. The quantitative estimate of drug-likeness (QED) is 0.674. The Morgan fingerprint density at radius 2 is 2.24 bits per heavy atom. The average Bonchev–Trinajstić information content (AvgIpc) is 3.11. The molecular weight excluding hydrogens is 274 g/mol. The van der Waals surface area contributed by atoms with Crippen LogP contribution in [0.2, 0.25) is 0 Å². The van der Waals surface area contributed by atoms with Gasteiger partial charge in [0.15, 0.2) is 0 Å². The molecule has 1 N–H and O–H groups in total. The fraction of sp³-hybridized carbons (Fsp3) is 0.200. The van der Waals surface area contributed by atoms with E-state index in [0.717, 1.165) is 0 Å². The van der Waals surface area contributed by atoms with Crippen LogP contribution in [0.3, 0.4) is 0 Å². The van der Waals surface area contributed by atoms with Crippen molar-refractivity contribution in [1.82, 2.24) is 5.32 Å². The van der Waals surface area contributed by atoms with Crippen LogP contribution in [0.1, 0.15) is 27.6 Å². The molecule has 6 nitrogen and oxygen atoms in total. The van der Waals surface area contributed by atoms with Crippen LogP contribution in [-0.4, -0.2) is 19.0 Å². The van der Waals surface area contributed by atoms with E-state index in [9.17, 15) is 9.59 Å². The number of aryl methyl sites for hydroxylation is 1. The molecule has 0 aliphatic rings. The number of rotatable bonds is 5. The van der Waals surface area contributed by atoms with E-state index in [4.69, 9.17) is 8.83 Å². The summed E-state index contributed by atoms with van der Waals surface area (Å²) in [6.07, 6.45) is 4.34. The number of hydrogen-bond acceptors (Lipinski definition) is 5. The zero-order chi connectivity index (χ0) is 15.2. The highest BCUT2D eigenvalue weighted by molar-refractivity contribution is 5.93. The van der Waals surface area contributed by atoms with Crippen molar-refractivity contribution in [3.8, 4) is 0 Å². The van der Waals surface area contributed by atoms with Gasteiger partial charge in [0.1, 0.15) is 22.8 Å². The third kappa shape index (κ3) is 3.85. The first-order chi connectivity index (χ1) is 10.1. The van der Waals surface area contributed by atoms with E-state index in [1.54, 1.807) is 19.1 Å². The Hall–Kier alpha value is -2.76. The second-order valence-corrected chi connectivity index (χ2v) is 4.24. The molecule has 0 bridgehead atoms. The molecule has 2 aromatic heterocycles. The van der Waals surface area contributed by atoms with E-state index in [-0.39, 0.29) is 5.91 Å². The van der Waals surface area contributed by atoms with Crippen LogP contribution in [0, 0.1) is 6.92 Å². The lowest BCUT2D eigenvalue weighted by molar-refractivity contribution is -0.116. The van der Waals surface area contributed by atoms with Crippen molar-refractivity contribution in [1.29, 1.82) is 0 Å². The second-order valence-electron chi connectivity index (χ2n) is 4.24. The average molecular weight is 289 g/mol. The minimum atomic E-state index is -0.474. The number of carbonyl (C=O) groups is 2. The molecule has 0 radical (unpaired) electrons. The highest BCUT2D eigenvalue weighted by atomic mass is 16.5. The molecule has 0 unspecified atom stereocenters. The third-order valence-corrected chi connectivity index (χ3v) is 2.76. The van der Waals surface area contributed by atoms with Crippen molar-refractivity contribution in [2.24, 2.45) is 0 Å². The van der Waals surface area contributed by atoms with Gasteiger partial charge in [-0.15, -0.1) is 0 Å². The normalized spacial score (nSPS) is 10.8. The predicted molar refractivity (Wildman–Crippen MR) is 74.4 cm³/mol. The second kappa shape index (κ2) is 6.60. The number of carbonyl (C=O) groups excluding carboxylic acids is 2. The molecule has 2 aromatic rings. The molecular formula is C15H15NO5. The topological polar surface area (TPSA) is 81.7 Å². The van der Waals surface area contributed by atoms with Crippen molar-refractivity contribution in [3.05, 3.63) is 53.4 Å². The summed E-state index contributed by atoms with van der Waals surface area (Å²) in [4.78, 5) is 23.0. The van der Waals surface area contributed by atoms with Gasteiger partial charge in [0.25, 0.3) is 0 Å². The SMILES string of the molecule is COC(=O)c1cc(C=CC(=O)NCc2ccco2)oc1C. The van der Waals surface area contributed by atoms with Gasteiger partial charge in [-0.1, -0.05) is 0 Å². The van der Waals surface area contributed by atoms with Gasteiger partial charge in [-0.3, -0.25) is 4.79 Å². The Bertz CT molecular complexity index is 652. The maximum atomic E-state index is 11.6. The van der Waals surface area contributed by atoms with Crippen molar-refractivity contribution in [2.45, 2.75) is 13.5 Å². The van der Waals surface area contributed by atoms with Crippen LogP contribution in [0.5, 0.6) is 0 Å². The number of esters is 1. The summed E-state index contributed by atoms with van der Waals surface area (Å²) in [7, 11) is 1.30. The Labute approximate surface area is 121 Å². The van der Waals surface area contributed by atoms with Crippen molar-refractivity contribution in [2.75, 3.05) is 7.11 Å². The van der Waals surface area contributed by atoms with Gasteiger partial charge in [0.05, 0.1) is 19.9 Å². The standard InChI is InChI=1S/C15H15NO5/c1-10-13(15(18)19-2)8-11(21-10)5-6-14(17)16-9-12-4-3-7-20-12/h3-8H,9H2,1-2H3,(H,16,17). The largest absolute Gasteiger partial charge is 0.467 e. The van der Waals surface area contributed by atoms with E-state index in [0.29, 0.717) is 29.4 Å². The Morgan fingerprint density at radius 1 is 1.43 bits per heavy atom. The number of amides is 1. The zero-order valence-electron chi connectivity index (χ0n) is 11.7. The Morgan fingerprint density at radius 3 is 2.90 bits per heavy atom. The summed E-state index contributed by atoms with van der Waals surface area (Å²) < 4.78 is 15.1. The number of nitrogens with one attached hydrogen (secondary N) is 1. The first kappa shape index (κ1) is 14.6. The summed E-state index contributed by atoms with van der Waals surface area (Å²) in [6, 6.07) is 5.04. The number of ether oxygens (including phenoxy) is 1. The fourth-order valence-electron chi connectivity index (χ4n) is 1.70. The van der Waals surface area contributed by atoms with Gasteiger partial charge in [-0.2, -0.15) is 0 Å². The zero-order valence-corrected chi connectivity index (χ0v) is 11.7. The van der Waals surface area contributed by atoms with Crippen molar-refractivity contribution >= 4 is 18.0 Å². The molecule has 0 atom stereocenters. The maximum Gasteiger partial charge on any atom is 0.341 e. The van der Waals surface area contributed by atoms with Crippen LogP contribution in [0.25, 0.3) is 6.08 Å². The number of furan rings is 2. The molecule has 0 fully saturated rings. The molecule has 110 valence electrons. The van der Waals surface area contributed by atoms with Gasteiger partial charge in [-0.05, 0) is 31.2 Å². The lowest BCUT2D eigenvalue weighted by Gasteiger charge is -1.97. The Balaban J connectivity index is 1.94. The van der Waals surface area contributed by atoms with Crippen LogP contribution in [-0.2, 0) is 16.1 Å². The van der Waals surface area contributed by atoms with Crippen LogP contribution < -0.4 is 5.32 Å². The molecule has 21 heavy (non-hydrogen) atoms. The minimum Gasteiger partial charge on any atom is -0.467 e. The molecule has 0 aliphatic heterocycles. The summed E-state index contributed by atoms with van der Waals surface area (Å²) in [5, 5.41) is 2.66. The summed E-state index contributed by atoms with van der Waals surface area (Å²) in [6.45, 7) is 1.96. The molecule has 0 saturated heterocycles. The first-order valence-corrected chi connectivity index (χ1v) is 6.27. The van der Waals surface area contributed by atoms with Crippen LogP contribution >= 0.6 is 0 Å². The fourth-order valence-corrected chi connectivity index (χ4v) is 1.70. The van der Waals surface area contributed by atoms with Crippen molar-refractivity contribution < 1.29 is 23.2 Å². The first-order valence-electron chi connectivity index (χ1n) is 6.27. The van der Waals surface area contributed by atoms with Crippen LogP contribution in [0.15, 0.2) is 39.4 Å². The molecule has 2 rings (SSSR count). The van der Waals surface area contributed by atoms with Crippen molar-refractivity contribution in [3.63, 3.8) is 0 Å².